The molecule has 2 aromatic rings. The number of benzene rings is 2. The molecular weight excluding hydrogens is 339 g/mol. The molecule has 2 rings (SSSR count). The van der Waals surface area contributed by atoms with Crippen molar-refractivity contribution in [1.29, 1.82) is 0 Å². The monoisotopic (exact) mass is 351 g/mol. The first-order valence-corrected chi connectivity index (χ1v) is 7.39. The molecule has 0 bridgehead atoms. The number of carbonyl (C=O) groups excluding carboxylic acids is 1. The summed E-state index contributed by atoms with van der Waals surface area (Å²) in [6.07, 6.45) is 2.37. The van der Waals surface area contributed by atoms with Crippen molar-refractivity contribution >= 4 is 35.2 Å². The molecule has 0 radical (unpaired) electrons. The van der Waals surface area contributed by atoms with Crippen LogP contribution in [0.25, 0.3) is 6.08 Å². The molecule has 0 saturated carbocycles. The average molecular weight is 352 g/mol. The minimum Gasteiger partial charge on any atom is -0.545 e. The lowest BCUT2D eigenvalue weighted by atomic mass is 10.2. The van der Waals surface area contributed by atoms with Gasteiger partial charge in [-0.2, -0.15) is 0 Å². The summed E-state index contributed by atoms with van der Waals surface area (Å²) in [7, 11) is 1.51. The minimum atomic E-state index is -1.26. The Hall–Kier alpha value is -2.17. The van der Waals surface area contributed by atoms with Gasteiger partial charge in [0.2, 0.25) is 0 Å². The van der Waals surface area contributed by atoms with E-state index in [1.165, 1.54) is 13.2 Å². The van der Waals surface area contributed by atoms with Gasteiger partial charge >= 0.3 is 0 Å². The number of aliphatic carboxylic acids is 1. The standard InChI is InChI=1S/C17H14Cl2O4/c1-22-16-9-11(4-7-17(20)21)3-6-15(16)23-10-12-2-5-13(18)14(19)8-12/h2-9H,10H2,1H3,(H,20,21)/p-1/b7-4+. The SMILES string of the molecule is COc1cc(/C=C/C(=O)[O-])ccc1OCc1ccc(Cl)c(Cl)c1. The van der Waals surface area contributed by atoms with E-state index in [0.717, 1.165) is 11.6 Å². The van der Waals surface area contributed by atoms with E-state index in [-0.39, 0.29) is 0 Å². The molecule has 0 amide bonds. The Morgan fingerprint density at radius 2 is 1.91 bits per heavy atom. The van der Waals surface area contributed by atoms with Crippen LogP contribution in [0.4, 0.5) is 0 Å². The molecular formula is C17H13Cl2O4-. The molecule has 0 saturated heterocycles. The van der Waals surface area contributed by atoms with Gasteiger partial charge in [0.05, 0.1) is 23.1 Å². The van der Waals surface area contributed by atoms with Gasteiger partial charge in [0.25, 0.3) is 0 Å². The second-order valence-electron chi connectivity index (χ2n) is 4.60. The maximum atomic E-state index is 10.4. The highest BCUT2D eigenvalue weighted by molar-refractivity contribution is 6.42. The first-order chi connectivity index (χ1) is 11.0. The molecule has 0 aliphatic heterocycles. The lowest BCUT2D eigenvalue weighted by Crippen LogP contribution is -2.18. The van der Waals surface area contributed by atoms with Gasteiger partial charge in [0.1, 0.15) is 6.61 Å². The minimum absolute atomic E-state index is 0.293. The van der Waals surface area contributed by atoms with Crippen molar-refractivity contribution in [2.75, 3.05) is 7.11 Å². The molecule has 0 aliphatic rings. The Morgan fingerprint density at radius 3 is 2.57 bits per heavy atom. The number of hydrogen-bond acceptors (Lipinski definition) is 4. The zero-order chi connectivity index (χ0) is 16.8. The van der Waals surface area contributed by atoms with Gasteiger partial charge in [-0.25, -0.2) is 0 Å². The fourth-order valence-electron chi connectivity index (χ4n) is 1.86. The van der Waals surface area contributed by atoms with Gasteiger partial charge in [0.15, 0.2) is 11.5 Å². The van der Waals surface area contributed by atoms with E-state index in [1.54, 1.807) is 30.3 Å². The highest BCUT2D eigenvalue weighted by Crippen LogP contribution is 2.30. The summed E-state index contributed by atoms with van der Waals surface area (Å²) >= 11 is 11.8. The molecule has 0 aliphatic carbocycles. The molecule has 0 heterocycles. The molecule has 0 aromatic heterocycles. The van der Waals surface area contributed by atoms with Crippen LogP contribution in [-0.2, 0) is 11.4 Å². The molecule has 120 valence electrons. The van der Waals surface area contributed by atoms with Gasteiger partial charge < -0.3 is 19.4 Å². The number of ether oxygens (including phenoxy) is 2. The van der Waals surface area contributed by atoms with Crippen LogP contribution < -0.4 is 14.6 Å². The molecule has 0 N–H and O–H groups in total. The molecule has 2 aromatic carbocycles. The van der Waals surface area contributed by atoms with Crippen molar-refractivity contribution in [3.8, 4) is 11.5 Å². The van der Waals surface area contributed by atoms with Crippen molar-refractivity contribution in [3.63, 3.8) is 0 Å². The number of methoxy groups -OCH3 is 1. The topological polar surface area (TPSA) is 58.6 Å². The highest BCUT2D eigenvalue weighted by atomic mass is 35.5. The van der Waals surface area contributed by atoms with Crippen LogP contribution in [0.5, 0.6) is 11.5 Å². The van der Waals surface area contributed by atoms with E-state index >= 15 is 0 Å². The summed E-state index contributed by atoms with van der Waals surface area (Å²) in [6.45, 7) is 0.293. The maximum Gasteiger partial charge on any atom is 0.161 e. The first kappa shape index (κ1) is 17.2. The van der Waals surface area contributed by atoms with Crippen molar-refractivity contribution in [2.45, 2.75) is 6.61 Å². The molecule has 0 unspecified atom stereocenters. The van der Waals surface area contributed by atoms with Crippen LogP contribution in [0.1, 0.15) is 11.1 Å². The number of carboxylic acid groups (broad SMARTS) is 1. The average Bonchev–Trinajstić information content (AvgIpc) is 2.54. The zero-order valence-electron chi connectivity index (χ0n) is 12.2. The van der Waals surface area contributed by atoms with Crippen LogP contribution >= 0.6 is 23.2 Å². The normalized spacial score (nSPS) is 10.7. The van der Waals surface area contributed by atoms with Gasteiger partial charge in [-0.05, 0) is 41.5 Å². The molecule has 0 spiro atoms. The Bertz CT molecular complexity index is 741. The maximum absolute atomic E-state index is 10.4. The van der Waals surface area contributed by atoms with Gasteiger partial charge in [-0.1, -0.05) is 41.4 Å². The summed E-state index contributed by atoms with van der Waals surface area (Å²) in [5.41, 5.74) is 1.52. The van der Waals surface area contributed by atoms with E-state index in [1.807, 2.05) is 6.07 Å². The third kappa shape index (κ3) is 4.91. The van der Waals surface area contributed by atoms with Gasteiger partial charge in [-0.3, -0.25) is 0 Å². The molecule has 4 nitrogen and oxygen atoms in total. The summed E-state index contributed by atoms with van der Waals surface area (Å²) in [5, 5.41) is 11.4. The highest BCUT2D eigenvalue weighted by Gasteiger charge is 2.06. The number of rotatable bonds is 6. The number of carbonyl (C=O) groups is 1. The van der Waals surface area contributed by atoms with Crippen LogP contribution in [0.3, 0.4) is 0 Å². The van der Waals surface area contributed by atoms with Crippen LogP contribution in [-0.4, -0.2) is 13.1 Å². The quantitative estimate of drug-likeness (QED) is 0.749. The van der Waals surface area contributed by atoms with E-state index in [0.29, 0.717) is 33.7 Å². The molecule has 6 heteroatoms. The molecule has 0 atom stereocenters. The Kier molecular flexibility index (Phi) is 5.90. The lowest BCUT2D eigenvalue weighted by Gasteiger charge is -2.12. The van der Waals surface area contributed by atoms with Crippen LogP contribution in [0, 0.1) is 0 Å². The summed E-state index contributed by atoms with van der Waals surface area (Å²) in [4.78, 5) is 10.4. The van der Waals surface area contributed by atoms with Crippen molar-refractivity contribution in [3.05, 3.63) is 63.6 Å². The van der Waals surface area contributed by atoms with E-state index < -0.39 is 5.97 Å². The predicted molar refractivity (Wildman–Crippen MR) is 87.8 cm³/mol. The second kappa shape index (κ2) is 7.90. The van der Waals surface area contributed by atoms with Crippen molar-refractivity contribution in [2.24, 2.45) is 0 Å². The number of hydrogen-bond donors (Lipinski definition) is 0. The third-order valence-corrected chi connectivity index (χ3v) is 3.72. The smallest absolute Gasteiger partial charge is 0.161 e. The first-order valence-electron chi connectivity index (χ1n) is 6.63. The van der Waals surface area contributed by atoms with Crippen molar-refractivity contribution < 1.29 is 19.4 Å². The molecule has 23 heavy (non-hydrogen) atoms. The largest absolute Gasteiger partial charge is 0.545 e. The van der Waals surface area contributed by atoms with E-state index in [9.17, 15) is 9.90 Å². The van der Waals surface area contributed by atoms with E-state index in [2.05, 4.69) is 0 Å². The lowest BCUT2D eigenvalue weighted by molar-refractivity contribution is -0.297. The summed E-state index contributed by atoms with van der Waals surface area (Å²) < 4.78 is 11.0. The third-order valence-electron chi connectivity index (χ3n) is 2.98. The van der Waals surface area contributed by atoms with Gasteiger partial charge in [0, 0.05) is 0 Å². The zero-order valence-corrected chi connectivity index (χ0v) is 13.7. The number of carboxylic acids is 1. The Labute approximate surface area is 143 Å². The van der Waals surface area contributed by atoms with E-state index in [4.69, 9.17) is 32.7 Å². The summed E-state index contributed by atoms with van der Waals surface area (Å²) in [6, 6.07) is 10.3. The Morgan fingerprint density at radius 1 is 1.13 bits per heavy atom. The summed E-state index contributed by atoms with van der Waals surface area (Å²) in [5.74, 6) is -0.237. The fourth-order valence-corrected chi connectivity index (χ4v) is 2.18. The van der Waals surface area contributed by atoms with Gasteiger partial charge in [-0.15, -0.1) is 0 Å². The predicted octanol–water partition coefficient (Wildman–Crippen LogP) is 3.34. The molecule has 0 fully saturated rings. The van der Waals surface area contributed by atoms with Crippen LogP contribution in [0.15, 0.2) is 42.5 Å². The Balaban J connectivity index is 2.12. The number of halogens is 2. The fraction of sp³-hybridized carbons (Fsp3) is 0.118. The second-order valence-corrected chi connectivity index (χ2v) is 5.41. The van der Waals surface area contributed by atoms with Crippen LogP contribution in [0.2, 0.25) is 10.0 Å². The van der Waals surface area contributed by atoms with Crippen molar-refractivity contribution in [1.82, 2.24) is 0 Å².